The van der Waals surface area contributed by atoms with Crippen LogP contribution >= 0.6 is 0 Å². The second-order valence-electron chi connectivity index (χ2n) is 7.68. The maximum atomic E-state index is 13.3. The average molecular weight is 485 g/mol. The summed E-state index contributed by atoms with van der Waals surface area (Å²) in [4.78, 5) is 37.9. The third-order valence-electron chi connectivity index (χ3n) is 5.15. The highest BCUT2D eigenvalue weighted by Crippen LogP contribution is 2.25. The van der Waals surface area contributed by atoms with E-state index in [4.69, 9.17) is 5.73 Å². The van der Waals surface area contributed by atoms with Gasteiger partial charge in [0.25, 0.3) is 0 Å². The van der Waals surface area contributed by atoms with Gasteiger partial charge in [-0.15, -0.1) is 0 Å². The Labute approximate surface area is 207 Å². The topological polar surface area (TPSA) is 152 Å². The molecule has 0 fully saturated rings. The van der Waals surface area contributed by atoms with Crippen LogP contribution in [0, 0.1) is 10.1 Å². The maximum absolute atomic E-state index is 13.3. The molecule has 0 atom stereocenters. The molecule has 0 saturated heterocycles. The van der Waals surface area contributed by atoms with Gasteiger partial charge in [-0.25, -0.2) is 9.97 Å². The Morgan fingerprint density at radius 3 is 2.31 bits per heavy atom. The molecule has 0 saturated carbocycles. The van der Waals surface area contributed by atoms with E-state index in [1.807, 2.05) is 60.7 Å². The minimum Gasteiger partial charge on any atom is -0.378 e. The molecule has 0 aliphatic carbocycles. The number of hydrogen-bond acceptors (Lipinski definition) is 9. The standard InChI is InChI=1S/C25H24N8O3/c26-24-20(33(35)36)11-12-21(30-24)27-15-16-29-25-28-14-13-22(31-25)32(19-9-5-2-6-10-19)23(34)17-18-7-3-1-4-8-18/h1-14H,15-17H2,(H3,26,27,30)(H,28,29,31). The fraction of sp³-hybridized carbons (Fsp3) is 0.120. The Morgan fingerprint density at radius 2 is 1.61 bits per heavy atom. The van der Waals surface area contributed by atoms with Crippen molar-refractivity contribution in [2.75, 3.05) is 34.4 Å². The van der Waals surface area contributed by atoms with Crippen LogP contribution in [-0.2, 0) is 11.2 Å². The molecule has 0 radical (unpaired) electrons. The molecule has 4 N–H and O–H groups in total. The Morgan fingerprint density at radius 1 is 0.917 bits per heavy atom. The van der Waals surface area contributed by atoms with E-state index >= 15 is 0 Å². The summed E-state index contributed by atoms with van der Waals surface area (Å²) < 4.78 is 0. The first-order chi connectivity index (χ1) is 17.5. The van der Waals surface area contributed by atoms with Crippen molar-refractivity contribution in [3.8, 4) is 0 Å². The van der Waals surface area contributed by atoms with E-state index in [9.17, 15) is 14.9 Å². The van der Waals surface area contributed by atoms with Crippen LogP contribution in [-0.4, -0.2) is 38.9 Å². The van der Waals surface area contributed by atoms with Crippen molar-refractivity contribution >= 4 is 40.7 Å². The summed E-state index contributed by atoms with van der Waals surface area (Å²) in [6.45, 7) is 0.846. The van der Waals surface area contributed by atoms with E-state index in [2.05, 4.69) is 25.6 Å². The van der Waals surface area contributed by atoms with Gasteiger partial charge in [-0.2, -0.15) is 4.98 Å². The van der Waals surface area contributed by atoms with E-state index < -0.39 is 4.92 Å². The number of hydrogen-bond donors (Lipinski definition) is 3. The Hall–Kier alpha value is -5.06. The second kappa shape index (κ2) is 11.4. The highest BCUT2D eigenvalue weighted by atomic mass is 16.6. The van der Waals surface area contributed by atoms with Crippen molar-refractivity contribution in [1.82, 2.24) is 15.0 Å². The fourth-order valence-electron chi connectivity index (χ4n) is 3.47. The van der Waals surface area contributed by atoms with Crippen molar-refractivity contribution in [2.24, 2.45) is 0 Å². The third kappa shape index (κ3) is 6.08. The first-order valence-electron chi connectivity index (χ1n) is 11.1. The summed E-state index contributed by atoms with van der Waals surface area (Å²) in [6.07, 6.45) is 1.81. The van der Waals surface area contributed by atoms with Gasteiger partial charge in [-0.1, -0.05) is 48.5 Å². The number of anilines is 5. The number of para-hydroxylation sites is 1. The van der Waals surface area contributed by atoms with Crippen LogP contribution in [0.1, 0.15) is 5.56 Å². The summed E-state index contributed by atoms with van der Waals surface area (Å²) in [7, 11) is 0. The van der Waals surface area contributed by atoms with Crippen molar-refractivity contribution in [3.05, 3.63) is 101 Å². The first kappa shape index (κ1) is 24.1. The van der Waals surface area contributed by atoms with Crippen LogP contribution in [0.3, 0.4) is 0 Å². The van der Waals surface area contributed by atoms with E-state index in [1.165, 1.54) is 12.1 Å². The second-order valence-corrected chi connectivity index (χ2v) is 7.68. The van der Waals surface area contributed by atoms with Crippen LogP contribution in [0.2, 0.25) is 0 Å². The van der Waals surface area contributed by atoms with Gasteiger partial charge in [0, 0.05) is 31.4 Å². The van der Waals surface area contributed by atoms with E-state index in [1.54, 1.807) is 17.2 Å². The minimum absolute atomic E-state index is 0.124. The number of benzene rings is 2. The van der Waals surface area contributed by atoms with Crippen LogP contribution < -0.4 is 21.3 Å². The van der Waals surface area contributed by atoms with E-state index in [0.29, 0.717) is 36.4 Å². The molecule has 1 amide bonds. The summed E-state index contributed by atoms with van der Waals surface area (Å²) in [5, 5.41) is 17.0. The average Bonchev–Trinajstić information content (AvgIpc) is 2.88. The van der Waals surface area contributed by atoms with Crippen molar-refractivity contribution in [1.29, 1.82) is 0 Å². The quantitative estimate of drug-likeness (QED) is 0.173. The zero-order valence-electron chi connectivity index (χ0n) is 19.2. The molecule has 2 aromatic carbocycles. The van der Waals surface area contributed by atoms with Crippen molar-refractivity contribution in [2.45, 2.75) is 6.42 Å². The minimum atomic E-state index is -0.582. The molecule has 4 aromatic rings. The van der Waals surface area contributed by atoms with Crippen LogP contribution in [0.5, 0.6) is 0 Å². The normalized spacial score (nSPS) is 10.4. The summed E-state index contributed by atoms with van der Waals surface area (Å²) in [5.41, 5.74) is 6.99. The summed E-state index contributed by atoms with van der Waals surface area (Å²) in [5.74, 6) is 0.920. The number of nitrogens with zero attached hydrogens (tertiary/aromatic N) is 5. The largest absolute Gasteiger partial charge is 0.378 e. The number of carbonyl (C=O) groups is 1. The zero-order chi connectivity index (χ0) is 25.3. The molecule has 0 bridgehead atoms. The van der Waals surface area contributed by atoms with Crippen LogP contribution in [0.25, 0.3) is 0 Å². The lowest BCUT2D eigenvalue weighted by molar-refractivity contribution is -0.384. The molecule has 0 aliphatic heterocycles. The molecule has 4 rings (SSSR count). The van der Waals surface area contributed by atoms with E-state index in [-0.39, 0.29) is 23.8 Å². The predicted molar refractivity (Wildman–Crippen MR) is 138 cm³/mol. The number of carbonyl (C=O) groups excluding carboxylic acids is 1. The van der Waals surface area contributed by atoms with Gasteiger partial charge in [0.1, 0.15) is 11.6 Å². The molecule has 0 spiro atoms. The summed E-state index contributed by atoms with van der Waals surface area (Å²) in [6, 6.07) is 23.3. The fourth-order valence-corrected chi connectivity index (χ4v) is 3.47. The third-order valence-corrected chi connectivity index (χ3v) is 5.15. The van der Waals surface area contributed by atoms with Gasteiger partial charge in [0.05, 0.1) is 17.0 Å². The number of nitrogens with two attached hydrogens (primary N) is 1. The molecule has 36 heavy (non-hydrogen) atoms. The number of pyridine rings is 1. The lowest BCUT2D eigenvalue weighted by Gasteiger charge is -2.22. The number of nitro groups is 1. The Balaban J connectivity index is 1.43. The Kier molecular flexibility index (Phi) is 7.61. The number of amides is 1. The molecule has 0 unspecified atom stereocenters. The SMILES string of the molecule is Nc1nc(NCCNc2nccc(N(C(=O)Cc3ccccc3)c3ccccc3)n2)ccc1[N+](=O)[O-]. The van der Waals surface area contributed by atoms with Crippen molar-refractivity contribution < 1.29 is 9.72 Å². The molecule has 11 heteroatoms. The smallest absolute Gasteiger partial charge is 0.311 e. The predicted octanol–water partition coefficient (Wildman–Crippen LogP) is 3.79. The molecular formula is C25H24N8O3. The van der Waals surface area contributed by atoms with Gasteiger partial charge >= 0.3 is 5.69 Å². The van der Waals surface area contributed by atoms with Gasteiger partial charge < -0.3 is 16.4 Å². The lowest BCUT2D eigenvalue weighted by atomic mass is 10.1. The van der Waals surface area contributed by atoms with Gasteiger partial charge in [-0.3, -0.25) is 19.8 Å². The Bertz CT molecular complexity index is 1340. The molecule has 0 aliphatic rings. The van der Waals surface area contributed by atoms with Gasteiger partial charge in [0.15, 0.2) is 0 Å². The number of nitrogen functional groups attached to an aromatic ring is 1. The number of rotatable bonds is 10. The monoisotopic (exact) mass is 484 g/mol. The van der Waals surface area contributed by atoms with Crippen LogP contribution in [0.15, 0.2) is 85.1 Å². The van der Waals surface area contributed by atoms with Gasteiger partial charge in [-0.05, 0) is 23.8 Å². The highest BCUT2D eigenvalue weighted by molar-refractivity contribution is 6.00. The number of aromatic nitrogens is 3. The summed E-state index contributed by atoms with van der Waals surface area (Å²) >= 11 is 0. The first-order valence-corrected chi connectivity index (χ1v) is 11.1. The zero-order valence-corrected chi connectivity index (χ0v) is 19.2. The van der Waals surface area contributed by atoms with Crippen molar-refractivity contribution in [3.63, 3.8) is 0 Å². The molecule has 11 nitrogen and oxygen atoms in total. The van der Waals surface area contributed by atoms with Gasteiger partial charge in [0.2, 0.25) is 17.7 Å². The number of nitrogens with one attached hydrogen (secondary N) is 2. The lowest BCUT2D eigenvalue weighted by Crippen LogP contribution is -2.28. The van der Waals surface area contributed by atoms with E-state index in [0.717, 1.165) is 5.56 Å². The molecule has 2 aromatic heterocycles. The molecule has 2 heterocycles. The molecular weight excluding hydrogens is 460 g/mol. The maximum Gasteiger partial charge on any atom is 0.311 e. The molecule has 182 valence electrons. The van der Waals surface area contributed by atoms with Crippen LogP contribution in [0.4, 0.5) is 34.8 Å². The highest BCUT2D eigenvalue weighted by Gasteiger charge is 2.20.